The topological polar surface area (TPSA) is 35.5 Å². The molecule has 1 rings (SSSR count). The van der Waals surface area contributed by atoms with Crippen molar-refractivity contribution in [3.05, 3.63) is 42.5 Å². The van der Waals surface area contributed by atoms with E-state index in [2.05, 4.69) is 25.6 Å². The molecule has 0 bridgehead atoms. The minimum Gasteiger partial charge on any atom is -0.490 e. The number of ether oxygens (including phenoxy) is 2. The van der Waals surface area contributed by atoms with Gasteiger partial charge in [-0.15, -0.1) is 0 Å². The summed E-state index contributed by atoms with van der Waals surface area (Å²) in [6.07, 6.45) is 10.2. The van der Waals surface area contributed by atoms with Gasteiger partial charge in [-0.25, -0.2) is 4.79 Å². The lowest BCUT2D eigenvalue weighted by Crippen LogP contribution is -2.10. The summed E-state index contributed by atoms with van der Waals surface area (Å²) in [7, 11) is 0. The van der Waals surface area contributed by atoms with Gasteiger partial charge in [-0.1, -0.05) is 57.7 Å². The van der Waals surface area contributed by atoms with Crippen molar-refractivity contribution in [2.45, 2.75) is 51.9 Å². The minimum absolute atomic E-state index is 0.240. The average molecular weight is 304 g/mol. The highest BCUT2D eigenvalue weighted by Gasteiger charge is 1.98. The lowest BCUT2D eigenvalue weighted by molar-refractivity contribution is -0.138. The summed E-state index contributed by atoms with van der Waals surface area (Å²) in [6.45, 7) is 6.18. The molecule has 0 aliphatic carbocycles. The predicted octanol–water partition coefficient (Wildman–Crippen LogP) is 4.70. The minimum atomic E-state index is -0.419. The summed E-state index contributed by atoms with van der Waals surface area (Å²) in [6, 6.07) is 8.16. The highest BCUT2D eigenvalue weighted by Crippen LogP contribution is 2.15. The molecule has 1 aromatic rings. The number of unbranched alkanes of at least 4 members (excludes halogenated alkanes) is 5. The van der Waals surface area contributed by atoms with E-state index in [-0.39, 0.29) is 6.61 Å². The molecular formula is C19H28O3. The molecule has 3 nitrogen and oxygen atoms in total. The molecular weight excluding hydrogens is 276 g/mol. The first-order chi connectivity index (χ1) is 10.8. The summed E-state index contributed by atoms with van der Waals surface area (Å²) in [5.41, 5.74) is 1.35. The van der Waals surface area contributed by atoms with E-state index in [1.54, 1.807) is 0 Å². The van der Waals surface area contributed by atoms with Crippen LogP contribution in [0.5, 0.6) is 5.75 Å². The zero-order valence-corrected chi connectivity index (χ0v) is 13.7. The maximum atomic E-state index is 10.9. The summed E-state index contributed by atoms with van der Waals surface area (Å²) < 4.78 is 10.4. The van der Waals surface area contributed by atoms with Gasteiger partial charge in [0.2, 0.25) is 0 Å². The van der Waals surface area contributed by atoms with E-state index in [1.807, 2.05) is 12.1 Å². The highest BCUT2D eigenvalue weighted by molar-refractivity contribution is 5.81. The standard InChI is InChI=1S/C19H28O3/c1-3-5-6-7-8-9-10-17-11-13-18(14-12-17)21-15-16-22-19(20)4-2/h4,11-14H,2-3,5-10,15-16H2,1H3. The third-order valence-electron chi connectivity index (χ3n) is 3.51. The van der Waals surface area contributed by atoms with E-state index >= 15 is 0 Å². The van der Waals surface area contributed by atoms with Gasteiger partial charge in [-0.3, -0.25) is 0 Å². The molecule has 0 radical (unpaired) electrons. The van der Waals surface area contributed by atoms with Crippen LogP contribution in [0.15, 0.2) is 36.9 Å². The molecule has 22 heavy (non-hydrogen) atoms. The van der Waals surface area contributed by atoms with E-state index in [9.17, 15) is 4.79 Å². The smallest absolute Gasteiger partial charge is 0.330 e. The lowest BCUT2D eigenvalue weighted by atomic mass is 10.0. The molecule has 0 unspecified atom stereocenters. The molecule has 0 atom stereocenters. The quantitative estimate of drug-likeness (QED) is 0.319. The van der Waals surface area contributed by atoms with E-state index in [4.69, 9.17) is 9.47 Å². The van der Waals surface area contributed by atoms with Crippen LogP contribution in [0.4, 0.5) is 0 Å². The fourth-order valence-electron chi connectivity index (χ4n) is 2.22. The summed E-state index contributed by atoms with van der Waals surface area (Å²) in [4.78, 5) is 10.9. The Morgan fingerprint density at radius 1 is 1.05 bits per heavy atom. The van der Waals surface area contributed by atoms with E-state index in [1.165, 1.54) is 44.1 Å². The highest BCUT2D eigenvalue weighted by atomic mass is 16.6. The van der Waals surface area contributed by atoms with E-state index < -0.39 is 5.97 Å². The van der Waals surface area contributed by atoms with E-state index in [0.717, 1.165) is 18.2 Å². The fraction of sp³-hybridized carbons (Fsp3) is 0.526. The Labute approximate surface area is 134 Å². The van der Waals surface area contributed by atoms with Crippen LogP contribution in [-0.2, 0) is 16.0 Å². The second kappa shape index (κ2) is 11.8. The zero-order valence-electron chi connectivity index (χ0n) is 13.7. The third-order valence-corrected chi connectivity index (χ3v) is 3.51. The van der Waals surface area contributed by atoms with Crippen LogP contribution < -0.4 is 4.74 Å². The van der Waals surface area contributed by atoms with Crippen LogP contribution >= 0.6 is 0 Å². The van der Waals surface area contributed by atoms with Crippen molar-refractivity contribution in [1.82, 2.24) is 0 Å². The Bertz CT molecular complexity index is 423. The third kappa shape index (κ3) is 8.50. The molecule has 0 heterocycles. The number of hydrogen-bond donors (Lipinski definition) is 0. The number of esters is 1. The number of aryl methyl sites for hydroxylation is 1. The monoisotopic (exact) mass is 304 g/mol. The molecule has 1 aromatic carbocycles. The van der Waals surface area contributed by atoms with Gasteiger partial charge >= 0.3 is 5.97 Å². The summed E-state index contributed by atoms with van der Waals surface area (Å²) in [5, 5.41) is 0. The number of benzene rings is 1. The van der Waals surface area contributed by atoms with Crippen LogP contribution in [-0.4, -0.2) is 19.2 Å². The molecule has 0 spiro atoms. The predicted molar refractivity (Wildman–Crippen MR) is 90.2 cm³/mol. The van der Waals surface area contributed by atoms with Crippen molar-refractivity contribution in [2.75, 3.05) is 13.2 Å². The van der Waals surface area contributed by atoms with Gasteiger partial charge in [0, 0.05) is 6.08 Å². The molecule has 122 valence electrons. The Kier molecular flexibility index (Phi) is 9.84. The van der Waals surface area contributed by atoms with Crippen LogP contribution in [0.2, 0.25) is 0 Å². The number of rotatable bonds is 12. The van der Waals surface area contributed by atoms with Crippen molar-refractivity contribution in [1.29, 1.82) is 0 Å². The van der Waals surface area contributed by atoms with Crippen molar-refractivity contribution in [3.63, 3.8) is 0 Å². The molecule has 0 saturated carbocycles. The van der Waals surface area contributed by atoms with Gasteiger partial charge in [-0.05, 0) is 30.5 Å². The molecule has 3 heteroatoms. The summed E-state index contributed by atoms with van der Waals surface area (Å²) in [5.74, 6) is 0.388. The zero-order chi connectivity index (χ0) is 16.0. The van der Waals surface area contributed by atoms with Crippen molar-refractivity contribution in [2.24, 2.45) is 0 Å². The van der Waals surface area contributed by atoms with Crippen LogP contribution in [0.25, 0.3) is 0 Å². The van der Waals surface area contributed by atoms with Crippen LogP contribution in [0, 0.1) is 0 Å². The second-order valence-corrected chi connectivity index (χ2v) is 5.38. The maximum absolute atomic E-state index is 10.9. The first-order valence-corrected chi connectivity index (χ1v) is 8.27. The number of carbonyl (C=O) groups excluding carboxylic acids is 1. The molecule has 0 aliphatic rings. The SMILES string of the molecule is C=CC(=O)OCCOc1ccc(CCCCCCCC)cc1. The van der Waals surface area contributed by atoms with Gasteiger partial charge in [0.1, 0.15) is 19.0 Å². The number of carbonyl (C=O) groups is 1. The van der Waals surface area contributed by atoms with Gasteiger partial charge in [0.25, 0.3) is 0 Å². The molecule has 0 N–H and O–H groups in total. The Balaban J connectivity index is 2.14. The Morgan fingerprint density at radius 2 is 1.73 bits per heavy atom. The lowest BCUT2D eigenvalue weighted by Gasteiger charge is -2.07. The first-order valence-electron chi connectivity index (χ1n) is 8.27. The Morgan fingerprint density at radius 3 is 2.41 bits per heavy atom. The normalized spacial score (nSPS) is 10.2. The molecule has 0 aliphatic heterocycles. The maximum Gasteiger partial charge on any atom is 0.330 e. The molecule has 0 amide bonds. The molecule has 0 fully saturated rings. The molecule has 0 saturated heterocycles. The van der Waals surface area contributed by atoms with Crippen molar-refractivity contribution in [3.8, 4) is 5.75 Å². The first kappa shape index (κ1) is 18.3. The second-order valence-electron chi connectivity index (χ2n) is 5.38. The molecule has 0 aromatic heterocycles. The van der Waals surface area contributed by atoms with Gasteiger partial charge < -0.3 is 9.47 Å². The number of hydrogen-bond acceptors (Lipinski definition) is 3. The van der Waals surface area contributed by atoms with Crippen molar-refractivity contribution >= 4 is 5.97 Å². The van der Waals surface area contributed by atoms with E-state index in [0.29, 0.717) is 6.61 Å². The van der Waals surface area contributed by atoms with Crippen molar-refractivity contribution < 1.29 is 14.3 Å². The largest absolute Gasteiger partial charge is 0.490 e. The fourth-order valence-corrected chi connectivity index (χ4v) is 2.22. The van der Waals surface area contributed by atoms with Gasteiger partial charge in [0.05, 0.1) is 0 Å². The Hall–Kier alpha value is -1.77. The van der Waals surface area contributed by atoms with Gasteiger partial charge in [-0.2, -0.15) is 0 Å². The van der Waals surface area contributed by atoms with Crippen LogP contribution in [0.1, 0.15) is 51.0 Å². The van der Waals surface area contributed by atoms with Gasteiger partial charge in [0.15, 0.2) is 0 Å². The van der Waals surface area contributed by atoms with Crippen LogP contribution in [0.3, 0.4) is 0 Å². The average Bonchev–Trinajstić information content (AvgIpc) is 2.55. The summed E-state index contributed by atoms with van der Waals surface area (Å²) >= 11 is 0.